The van der Waals surface area contributed by atoms with Gasteiger partial charge in [-0.05, 0) is 12.3 Å². The van der Waals surface area contributed by atoms with Crippen LogP contribution in [0.25, 0.3) is 0 Å². The molecule has 0 saturated carbocycles. The number of carbonyl (C=O) groups excluding carboxylic acids is 1. The lowest BCUT2D eigenvalue weighted by molar-refractivity contribution is -0.141. The van der Waals surface area contributed by atoms with E-state index in [4.69, 9.17) is 0 Å². The Bertz CT molecular complexity index is 143. The van der Waals surface area contributed by atoms with Gasteiger partial charge in [-0.15, -0.1) is 0 Å². The summed E-state index contributed by atoms with van der Waals surface area (Å²) in [5, 5.41) is 0. The molecule has 1 atom stereocenters. The maximum atomic E-state index is 11.0. The monoisotopic (exact) mass is 200 g/mol. The van der Waals surface area contributed by atoms with E-state index in [1.165, 1.54) is 39.2 Å². The van der Waals surface area contributed by atoms with Gasteiger partial charge in [-0.3, -0.25) is 4.79 Å². The van der Waals surface area contributed by atoms with E-state index in [9.17, 15) is 4.79 Å². The van der Waals surface area contributed by atoms with Crippen molar-refractivity contribution in [1.29, 1.82) is 0 Å². The predicted molar refractivity (Wildman–Crippen MR) is 59.2 cm³/mol. The van der Waals surface area contributed by atoms with Gasteiger partial charge >= 0.3 is 5.97 Å². The summed E-state index contributed by atoms with van der Waals surface area (Å²) in [5.41, 5.74) is 0. The van der Waals surface area contributed by atoms with Crippen molar-refractivity contribution in [2.75, 3.05) is 7.11 Å². The molecule has 0 spiro atoms. The van der Waals surface area contributed by atoms with Crippen LogP contribution in [0.2, 0.25) is 0 Å². The first kappa shape index (κ1) is 13.5. The number of ether oxygens (including phenoxy) is 1. The molecule has 2 nitrogen and oxygen atoms in total. The number of methoxy groups -OCH3 is 1. The largest absolute Gasteiger partial charge is 0.469 e. The van der Waals surface area contributed by atoms with Crippen LogP contribution in [0.4, 0.5) is 0 Å². The van der Waals surface area contributed by atoms with Crippen molar-refractivity contribution in [3.8, 4) is 0 Å². The van der Waals surface area contributed by atoms with Gasteiger partial charge in [-0.25, -0.2) is 0 Å². The van der Waals surface area contributed by atoms with Gasteiger partial charge < -0.3 is 4.74 Å². The molecule has 0 aliphatic rings. The second-order valence-corrected chi connectivity index (χ2v) is 3.90. The fourth-order valence-corrected chi connectivity index (χ4v) is 1.63. The van der Waals surface area contributed by atoms with Crippen LogP contribution in [-0.4, -0.2) is 13.1 Å². The van der Waals surface area contributed by atoms with Crippen molar-refractivity contribution in [3.63, 3.8) is 0 Å². The van der Waals surface area contributed by atoms with Gasteiger partial charge in [0, 0.05) is 6.42 Å². The Morgan fingerprint density at radius 2 is 1.93 bits per heavy atom. The maximum Gasteiger partial charge on any atom is 0.305 e. The second-order valence-electron chi connectivity index (χ2n) is 3.90. The van der Waals surface area contributed by atoms with E-state index in [-0.39, 0.29) is 5.97 Å². The van der Waals surface area contributed by atoms with Crippen LogP contribution < -0.4 is 0 Å². The molecule has 0 saturated heterocycles. The van der Waals surface area contributed by atoms with Crippen LogP contribution in [0.5, 0.6) is 0 Å². The van der Waals surface area contributed by atoms with Crippen LogP contribution >= 0.6 is 0 Å². The SMILES string of the molecule is CCCCCCC(CC)CC(=O)OC. The first-order chi connectivity index (χ1) is 6.74. The summed E-state index contributed by atoms with van der Waals surface area (Å²) < 4.78 is 4.67. The Morgan fingerprint density at radius 1 is 1.21 bits per heavy atom. The van der Waals surface area contributed by atoms with Gasteiger partial charge in [0.2, 0.25) is 0 Å². The Balaban J connectivity index is 3.52. The third kappa shape index (κ3) is 6.93. The highest BCUT2D eigenvalue weighted by molar-refractivity contribution is 5.69. The molecule has 0 aromatic heterocycles. The minimum absolute atomic E-state index is 0.0626. The number of hydrogen-bond acceptors (Lipinski definition) is 2. The quantitative estimate of drug-likeness (QED) is 0.442. The van der Waals surface area contributed by atoms with Crippen LogP contribution in [0.15, 0.2) is 0 Å². The summed E-state index contributed by atoms with van der Waals surface area (Å²) >= 11 is 0. The van der Waals surface area contributed by atoms with Gasteiger partial charge in [0.25, 0.3) is 0 Å². The molecule has 1 unspecified atom stereocenters. The molecular formula is C12H24O2. The Labute approximate surface area is 88.0 Å². The normalized spacial score (nSPS) is 12.5. The Hall–Kier alpha value is -0.530. The summed E-state index contributed by atoms with van der Waals surface area (Å²) in [6.07, 6.45) is 7.99. The van der Waals surface area contributed by atoms with Crippen LogP contribution in [-0.2, 0) is 9.53 Å². The average Bonchev–Trinajstić information content (AvgIpc) is 2.22. The van der Waals surface area contributed by atoms with Crippen LogP contribution in [0, 0.1) is 5.92 Å². The highest BCUT2D eigenvalue weighted by Crippen LogP contribution is 2.18. The second kappa shape index (κ2) is 9.04. The highest BCUT2D eigenvalue weighted by Gasteiger charge is 2.11. The van der Waals surface area contributed by atoms with E-state index in [1.54, 1.807) is 0 Å². The third-order valence-electron chi connectivity index (χ3n) is 2.73. The molecular weight excluding hydrogens is 176 g/mol. The van der Waals surface area contributed by atoms with Gasteiger partial charge in [-0.1, -0.05) is 46.0 Å². The van der Waals surface area contributed by atoms with E-state index in [0.717, 1.165) is 6.42 Å². The molecule has 0 bridgehead atoms. The lowest BCUT2D eigenvalue weighted by atomic mass is 9.95. The number of carbonyl (C=O) groups is 1. The van der Waals surface area contributed by atoms with E-state index in [1.807, 2.05) is 0 Å². The predicted octanol–water partition coefficient (Wildman–Crippen LogP) is 3.55. The van der Waals surface area contributed by atoms with Crippen molar-refractivity contribution >= 4 is 5.97 Å². The molecule has 2 heteroatoms. The van der Waals surface area contributed by atoms with Crippen molar-refractivity contribution in [1.82, 2.24) is 0 Å². The maximum absolute atomic E-state index is 11.0. The molecule has 0 aliphatic carbocycles. The fraction of sp³-hybridized carbons (Fsp3) is 0.917. The summed E-state index contributed by atoms with van der Waals surface area (Å²) in [6, 6.07) is 0. The average molecular weight is 200 g/mol. The minimum Gasteiger partial charge on any atom is -0.469 e. The Kier molecular flexibility index (Phi) is 8.70. The lowest BCUT2D eigenvalue weighted by Crippen LogP contribution is -2.09. The molecule has 0 rings (SSSR count). The minimum atomic E-state index is -0.0626. The molecule has 0 aromatic rings. The lowest BCUT2D eigenvalue weighted by Gasteiger charge is -2.12. The van der Waals surface area contributed by atoms with E-state index < -0.39 is 0 Å². The first-order valence-electron chi connectivity index (χ1n) is 5.81. The summed E-state index contributed by atoms with van der Waals surface area (Å²) in [6.45, 7) is 4.36. The van der Waals surface area contributed by atoms with E-state index >= 15 is 0 Å². The molecule has 0 aliphatic heterocycles. The van der Waals surface area contributed by atoms with E-state index in [0.29, 0.717) is 12.3 Å². The zero-order valence-corrected chi connectivity index (χ0v) is 9.84. The molecule has 0 amide bonds. The van der Waals surface area contributed by atoms with Crippen molar-refractivity contribution < 1.29 is 9.53 Å². The fourth-order valence-electron chi connectivity index (χ4n) is 1.63. The summed E-state index contributed by atoms with van der Waals surface area (Å²) in [7, 11) is 1.46. The topological polar surface area (TPSA) is 26.3 Å². The highest BCUT2D eigenvalue weighted by atomic mass is 16.5. The summed E-state index contributed by atoms with van der Waals surface area (Å²) in [4.78, 5) is 11.0. The number of rotatable bonds is 8. The number of unbranched alkanes of at least 4 members (excludes halogenated alkanes) is 3. The Morgan fingerprint density at radius 3 is 2.43 bits per heavy atom. The van der Waals surface area contributed by atoms with Crippen LogP contribution in [0.1, 0.15) is 58.8 Å². The van der Waals surface area contributed by atoms with Gasteiger partial charge in [0.1, 0.15) is 0 Å². The molecule has 0 heterocycles. The zero-order chi connectivity index (χ0) is 10.8. The van der Waals surface area contributed by atoms with Crippen molar-refractivity contribution in [2.45, 2.75) is 58.8 Å². The van der Waals surface area contributed by atoms with Crippen LogP contribution in [0.3, 0.4) is 0 Å². The molecule has 0 N–H and O–H groups in total. The van der Waals surface area contributed by atoms with Gasteiger partial charge in [0.05, 0.1) is 7.11 Å². The third-order valence-corrected chi connectivity index (χ3v) is 2.73. The zero-order valence-electron chi connectivity index (χ0n) is 9.84. The van der Waals surface area contributed by atoms with Gasteiger partial charge in [0.15, 0.2) is 0 Å². The van der Waals surface area contributed by atoms with Crippen molar-refractivity contribution in [2.24, 2.45) is 5.92 Å². The molecule has 14 heavy (non-hydrogen) atoms. The van der Waals surface area contributed by atoms with E-state index in [2.05, 4.69) is 18.6 Å². The molecule has 84 valence electrons. The summed E-state index contributed by atoms with van der Waals surface area (Å²) in [5.74, 6) is 0.464. The number of hydrogen-bond donors (Lipinski definition) is 0. The van der Waals surface area contributed by atoms with Gasteiger partial charge in [-0.2, -0.15) is 0 Å². The molecule has 0 radical (unpaired) electrons. The number of esters is 1. The standard InChI is InChI=1S/C12H24O2/c1-4-6-7-8-9-11(5-2)10-12(13)14-3/h11H,4-10H2,1-3H3. The first-order valence-corrected chi connectivity index (χ1v) is 5.81. The molecule has 0 aromatic carbocycles. The smallest absolute Gasteiger partial charge is 0.305 e. The molecule has 0 fully saturated rings. The van der Waals surface area contributed by atoms with Crippen molar-refractivity contribution in [3.05, 3.63) is 0 Å².